The summed E-state index contributed by atoms with van der Waals surface area (Å²) in [5.41, 5.74) is 12.3. The molecule has 131 heavy (non-hydrogen) atoms. The van der Waals surface area contributed by atoms with Crippen molar-refractivity contribution in [2.45, 2.75) is 171 Å². The molecule has 0 saturated carbocycles. The van der Waals surface area contributed by atoms with Crippen molar-refractivity contribution in [3.8, 4) is 63.4 Å². The van der Waals surface area contributed by atoms with Crippen molar-refractivity contribution in [2.24, 2.45) is 60.0 Å². The molecule has 0 aliphatic carbocycles. The van der Waals surface area contributed by atoms with Crippen LogP contribution in [0.3, 0.4) is 0 Å². The van der Waals surface area contributed by atoms with E-state index >= 15 is 0 Å². The number of aromatic nitrogens is 12. The van der Waals surface area contributed by atoms with Gasteiger partial charge in [0, 0.05) is 162 Å². The summed E-state index contributed by atoms with van der Waals surface area (Å²) in [5.74, 6) is 2.81. The highest BCUT2D eigenvalue weighted by atomic mass is 32.1. The lowest BCUT2D eigenvalue weighted by molar-refractivity contribution is -0.122. The number of carbonyl (C=O) groups is 7. The van der Waals surface area contributed by atoms with Crippen LogP contribution in [0.25, 0.3) is 63.4 Å². The zero-order chi connectivity index (χ0) is 93.8. The van der Waals surface area contributed by atoms with Gasteiger partial charge in [0.2, 0.25) is 0 Å². The minimum absolute atomic E-state index is 0.0335. The standard InChI is InChI=1S/C17H24N4OS.C17H21N3O2S.C16H21N3O2S.3C16H21N3OS/c1-12-11-14(18-20(12)4)15-5-6-16(23-15)17(22)21-9-7-13(8-10-21)19(2)3;1-11-10-13(18-19(11)3)15-7-8-16(23-15)17(22)20-9-5-4-6-14(20)12(2)21;1-11-10-13(17-18(11)2)14-4-5-15(22-14)16(20)19-8-6-12(21-3)7-9-19;1-11-6-8-19(9-7-11)16(20)15-5-4-14(21-15)13-10-12(2)18(3)17-13;2*1-11-5-4-8-19(10-11)16(20)15-7-6-14(21-15)13-9-12(2)18(3)17-13/h5-6,11,13H,7-10H2,1-4H3;7-8,10,14H,4-6,9H2,1-3H3;4-5,10,12H,6-9H2,1-3H3;4-5,10-11H,6-9H2,1-3H3;2*6-7,9,11H,4-5,8,10H2,1-3H3. The van der Waals surface area contributed by atoms with Crippen LogP contribution in [0.4, 0.5) is 0 Å². The molecule has 0 bridgehead atoms. The largest absolute Gasteiger partial charge is 0.381 e. The third kappa shape index (κ3) is 24.9. The van der Waals surface area contributed by atoms with Crippen LogP contribution in [-0.4, -0.2) is 246 Å². The zero-order valence-electron chi connectivity index (χ0n) is 79.5. The van der Waals surface area contributed by atoms with Crippen LogP contribution in [0.1, 0.15) is 203 Å². The van der Waals surface area contributed by atoms with Crippen molar-refractivity contribution in [3.63, 3.8) is 0 Å². The minimum Gasteiger partial charge on any atom is -0.381 e. The molecule has 6 saturated heterocycles. The van der Waals surface area contributed by atoms with Gasteiger partial charge in [-0.25, -0.2) is 0 Å². The Bertz CT molecular complexity index is 5670. The number of Topliss-reactive ketones (excluding diaryl/α,β-unsaturated/α-hetero) is 1. The normalized spacial score (nSPS) is 17.5. The Balaban J connectivity index is 0.000000134. The predicted octanol–water partition coefficient (Wildman–Crippen LogP) is 18.4. The molecule has 12 aromatic rings. The number of nitrogens with zero attached hydrogens (tertiary/aromatic N) is 19. The first-order valence-corrected chi connectivity index (χ1v) is 50.7. The molecule has 18 heterocycles. The van der Waals surface area contributed by atoms with Crippen molar-refractivity contribution in [3.05, 3.63) is 173 Å². The number of methoxy groups -OCH3 is 1. The Morgan fingerprint density at radius 3 is 0.840 bits per heavy atom. The highest BCUT2D eigenvalue weighted by Crippen LogP contribution is 2.37. The molecule has 0 spiro atoms. The van der Waals surface area contributed by atoms with Gasteiger partial charge in [0.15, 0.2) is 5.78 Å². The molecule has 0 aromatic carbocycles. The number of ketones is 1. The average Bonchev–Trinajstić information content (AvgIpc) is 1.73. The van der Waals surface area contributed by atoms with Crippen LogP contribution in [0.15, 0.2) is 109 Å². The van der Waals surface area contributed by atoms with Gasteiger partial charge >= 0.3 is 0 Å². The van der Waals surface area contributed by atoms with Crippen LogP contribution in [0.2, 0.25) is 0 Å². The topological polar surface area (TPSA) is 258 Å². The summed E-state index contributed by atoms with van der Waals surface area (Å²) in [6.07, 6.45) is 13.9. The second-order valence-corrected chi connectivity index (χ2v) is 42.6. The maximum Gasteiger partial charge on any atom is 0.264 e. The van der Waals surface area contributed by atoms with E-state index in [0.29, 0.717) is 35.4 Å². The highest BCUT2D eigenvalue weighted by Gasteiger charge is 2.34. The number of amides is 6. The second kappa shape index (κ2) is 44.6. The van der Waals surface area contributed by atoms with Crippen LogP contribution in [0.5, 0.6) is 0 Å². The molecule has 6 aliphatic heterocycles. The number of ether oxygens (including phenoxy) is 1. The van der Waals surface area contributed by atoms with Gasteiger partial charge in [-0.1, -0.05) is 20.8 Å². The Morgan fingerprint density at radius 1 is 0.321 bits per heavy atom. The highest BCUT2D eigenvalue weighted by molar-refractivity contribution is 7.19. The number of aryl methyl sites for hydroxylation is 12. The van der Waals surface area contributed by atoms with Gasteiger partial charge in [0.25, 0.3) is 35.4 Å². The zero-order valence-corrected chi connectivity index (χ0v) is 84.4. The lowest BCUT2D eigenvalue weighted by Crippen LogP contribution is -2.47. The molecule has 6 fully saturated rings. The van der Waals surface area contributed by atoms with E-state index in [1.54, 1.807) is 52.9 Å². The first-order chi connectivity index (χ1) is 62.6. The Labute approximate surface area is 795 Å². The Morgan fingerprint density at radius 2 is 0.588 bits per heavy atom. The Hall–Kier alpha value is -10.1. The van der Waals surface area contributed by atoms with Crippen molar-refractivity contribution >= 4 is 109 Å². The molecular weight excluding hydrogens is 1760 g/mol. The monoisotopic (exact) mass is 1890 g/mol. The van der Waals surface area contributed by atoms with Crippen molar-refractivity contribution < 1.29 is 38.3 Å². The summed E-state index contributed by atoms with van der Waals surface area (Å²) in [4.78, 5) is 112. The molecule has 6 amide bonds. The maximum absolute atomic E-state index is 12.8. The smallest absolute Gasteiger partial charge is 0.264 e. The summed E-state index contributed by atoms with van der Waals surface area (Å²) in [6.45, 7) is 29.6. The first kappa shape index (κ1) is 98.4. The lowest BCUT2D eigenvalue weighted by atomic mass is 9.99. The summed E-state index contributed by atoms with van der Waals surface area (Å²) in [7, 11) is 17.6. The van der Waals surface area contributed by atoms with E-state index in [9.17, 15) is 33.6 Å². The summed E-state index contributed by atoms with van der Waals surface area (Å²) in [5, 5.41) is 26.9. The quantitative estimate of drug-likeness (QED) is 0.0924. The molecule has 33 heteroatoms. The molecule has 18 rings (SSSR count). The van der Waals surface area contributed by atoms with Gasteiger partial charge in [-0.2, -0.15) is 30.6 Å². The average molecular weight is 1890 g/mol. The molecule has 3 unspecified atom stereocenters. The summed E-state index contributed by atoms with van der Waals surface area (Å²) >= 11 is 9.13. The summed E-state index contributed by atoms with van der Waals surface area (Å²) in [6, 6.07) is 36.1. The van der Waals surface area contributed by atoms with E-state index in [0.717, 1.165) is 264 Å². The number of hydrogen-bond acceptors (Lipinski definition) is 21. The number of carbonyl (C=O) groups excluding carboxylic acids is 7. The van der Waals surface area contributed by atoms with Gasteiger partial charge in [-0.3, -0.25) is 61.7 Å². The fraction of sp³-hybridized carbons (Fsp3) is 0.500. The molecule has 6 aliphatic rings. The SMILES string of the molecule is CC(=O)C1CCCCN1C(=O)c1ccc(-c2cc(C)n(C)n2)s1.COC1CCN(C(=O)c2ccc(-c3cc(C)n(C)n3)s2)CC1.Cc1cc(-c2ccc(C(=O)N3CCC(C)CC3)s2)nn1C.Cc1cc(-c2ccc(C(=O)N3CCC(N(C)C)CC3)s2)nn1C.Cc1cc(-c2ccc(C(=O)N3CCCC(C)C3)s2)nn1C.Cc1cc(-c2ccc(C(=O)N3CCCC(C)C3)s2)nn1C. The van der Waals surface area contributed by atoms with Crippen molar-refractivity contribution in [1.82, 2.24) is 93.0 Å². The second-order valence-electron chi connectivity index (χ2n) is 36.1. The van der Waals surface area contributed by atoms with Crippen molar-refractivity contribution in [2.75, 3.05) is 93.2 Å². The molecule has 27 nitrogen and oxygen atoms in total. The third-order valence-electron chi connectivity index (χ3n) is 25.8. The van der Waals surface area contributed by atoms with Crippen LogP contribution < -0.4 is 0 Å². The number of thiophene rings is 6. The van der Waals surface area contributed by atoms with E-state index in [2.05, 4.69) is 94.6 Å². The molecule has 3 atom stereocenters. The molecule has 0 N–H and O–H groups in total. The predicted molar refractivity (Wildman–Crippen MR) is 528 cm³/mol. The van der Waals surface area contributed by atoms with Crippen molar-refractivity contribution in [1.29, 1.82) is 0 Å². The van der Waals surface area contributed by atoms with Gasteiger partial charge in [-0.15, -0.1) is 68.0 Å². The van der Waals surface area contributed by atoms with Gasteiger partial charge in [0.05, 0.1) is 70.7 Å². The van der Waals surface area contributed by atoms with Gasteiger partial charge in [-0.05, 0) is 273 Å². The molecule has 12 aromatic heterocycles. The molecule has 0 radical (unpaired) electrons. The van der Waals surface area contributed by atoms with Crippen LogP contribution in [-0.2, 0) is 51.8 Å². The number of hydrogen-bond donors (Lipinski definition) is 0. The number of likely N-dealkylation sites (tertiary alicyclic amines) is 6. The lowest BCUT2D eigenvalue weighted by Gasteiger charge is -2.35. The fourth-order valence-corrected chi connectivity index (χ4v) is 22.6. The fourth-order valence-electron chi connectivity index (χ4n) is 17.0. The van der Waals surface area contributed by atoms with E-state index in [1.807, 2.05) is 221 Å². The van der Waals surface area contributed by atoms with Gasteiger partial charge in [0.1, 0.15) is 34.2 Å². The third-order valence-corrected chi connectivity index (χ3v) is 32.4. The minimum atomic E-state index is -0.265. The number of rotatable bonds is 15. The first-order valence-electron chi connectivity index (χ1n) is 45.8. The van der Waals surface area contributed by atoms with E-state index in [4.69, 9.17) is 4.74 Å². The summed E-state index contributed by atoms with van der Waals surface area (Å²) < 4.78 is 16.5. The van der Waals surface area contributed by atoms with E-state index in [1.165, 1.54) is 46.9 Å². The van der Waals surface area contributed by atoms with E-state index in [-0.39, 0.29) is 47.3 Å². The van der Waals surface area contributed by atoms with Crippen LogP contribution in [0, 0.1) is 59.3 Å². The molecule has 700 valence electrons. The maximum atomic E-state index is 12.8. The number of piperidine rings is 6. The van der Waals surface area contributed by atoms with E-state index < -0.39 is 0 Å². The molecular formula is C98H129N19O8S6. The van der Waals surface area contributed by atoms with Gasteiger partial charge < -0.3 is 39.0 Å². The Kier molecular flexibility index (Phi) is 33.5. The van der Waals surface area contributed by atoms with Crippen LogP contribution >= 0.6 is 68.0 Å².